The average molecular weight is 650 g/mol. The summed E-state index contributed by atoms with van der Waals surface area (Å²) in [5.74, 6) is 1.06. The standard InChI is InChI=1S/C34H51N9O4/c1-40(28-9-12-31(44)39-34(28)47)32(45)21-25-7-11-30(37-22-25)43-19-17-41(18-20-43)23-24-13-15-42(16-14-24)29(36)10-8-27(35)33(46)38-26-5-3-2-4-6-26/h7-8,10-11,22,24,26,28H,2-6,9,12-21,23,35-36H2,1H3,(H,38,46)(H,39,44,47)/b27-8-,29-10+. The van der Waals surface area contributed by atoms with Crippen molar-refractivity contribution in [3.05, 3.63) is 47.6 Å². The van der Waals surface area contributed by atoms with Gasteiger partial charge in [0.05, 0.1) is 17.9 Å². The van der Waals surface area contributed by atoms with Gasteiger partial charge in [-0.3, -0.25) is 29.4 Å². The summed E-state index contributed by atoms with van der Waals surface area (Å²) in [6.45, 7) is 6.55. The molecule has 13 heteroatoms. The number of nitrogens with zero attached hydrogens (tertiary/aromatic N) is 5. The van der Waals surface area contributed by atoms with Crippen molar-refractivity contribution >= 4 is 29.4 Å². The number of allylic oxidation sites excluding steroid dienone is 2. The lowest BCUT2D eigenvalue weighted by Gasteiger charge is -2.39. The van der Waals surface area contributed by atoms with E-state index in [2.05, 4.69) is 30.3 Å². The van der Waals surface area contributed by atoms with Crippen LogP contribution in [-0.4, -0.2) is 108 Å². The number of pyridine rings is 1. The third kappa shape index (κ3) is 9.46. The van der Waals surface area contributed by atoms with Crippen molar-refractivity contribution < 1.29 is 19.2 Å². The van der Waals surface area contributed by atoms with Crippen molar-refractivity contribution in [3.63, 3.8) is 0 Å². The Morgan fingerprint density at radius 2 is 1.70 bits per heavy atom. The van der Waals surface area contributed by atoms with Crippen molar-refractivity contribution in [2.45, 2.75) is 76.3 Å². The van der Waals surface area contributed by atoms with Crippen LogP contribution in [0.1, 0.15) is 63.4 Å². The molecule has 3 saturated heterocycles. The number of nitrogens with one attached hydrogen (secondary N) is 2. The van der Waals surface area contributed by atoms with Gasteiger partial charge in [0.2, 0.25) is 17.7 Å². The summed E-state index contributed by atoms with van der Waals surface area (Å²) in [5, 5.41) is 5.35. The number of piperazine rings is 1. The van der Waals surface area contributed by atoms with Crippen LogP contribution in [0.2, 0.25) is 0 Å². The molecule has 0 aromatic carbocycles. The van der Waals surface area contributed by atoms with Gasteiger partial charge in [-0.2, -0.15) is 0 Å². The van der Waals surface area contributed by atoms with Crippen LogP contribution < -0.4 is 27.0 Å². The molecule has 1 atom stereocenters. The molecule has 1 aromatic rings. The van der Waals surface area contributed by atoms with Crippen LogP contribution in [0, 0.1) is 5.92 Å². The number of likely N-dealkylation sites (N-methyl/N-ethyl adjacent to an activating group) is 1. The lowest BCUT2D eigenvalue weighted by Crippen LogP contribution is -2.53. The number of imide groups is 1. The first-order valence-electron chi connectivity index (χ1n) is 17.2. The maximum Gasteiger partial charge on any atom is 0.267 e. The molecule has 47 heavy (non-hydrogen) atoms. The van der Waals surface area contributed by atoms with Gasteiger partial charge < -0.3 is 31.5 Å². The predicted molar refractivity (Wildman–Crippen MR) is 179 cm³/mol. The molecular formula is C34H51N9O4. The first-order valence-corrected chi connectivity index (χ1v) is 17.2. The van der Waals surface area contributed by atoms with Crippen molar-refractivity contribution in [2.75, 3.05) is 57.8 Å². The van der Waals surface area contributed by atoms with Crippen LogP contribution in [0.3, 0.4) is 0 Å². The molecule has 0 radical (unpaired) electrons. The molecule has 4 amide bonds. The zero-order valence-electron chi connectivity index (χ0n) is 27.7. The highest BCUT2D eigenvalue weighted by Crippen LogP contribution is 2.22. The monoisotopic (exact) mass is 649 g/mol. The van der Waals surface area contributed by atoms with E-state index in [9.17, 15) is 19.2 Å². The fourth-order valence-electron chi connectivity index (χ4n) is 7.00. The number of rotatable bonds is 10. The van der Waals surface area contributed by atoms with E-state index in [1.54, 1.807) is 25.4 Å². The number of piperidine rings is 2. The van der Waals surface area contributed by atoms with E-state index < -0.39 is 11.9 Å². The maximum absolute atomic E-state index is 12.8. The summed E-state index contributed by atoms with van der Waals surface area (Å²) in [7, 11) is 1.61. The number of carbonyl (C=O) groups is 4. The molecule has 4 aliphatic rings. The van der Waals surface area contributed by atoms with E-state index in [4.69, 9.17) is 11.5 Å². The SMILES string of the molecule is CN(C(=O)Cc1ccc(N2CCN(CC3CCN(/C(N)=C/C=C(\N)C(=O)NC4CCCCC4)CC3)CC2)nc1)C1CCC(=O)NC1=O. The number of amides is 4. The molecule has 0 spiro atoms. The highest BCUT2D eigenvalue weighted by molar-refractivity contribution is 6.01. The quantitative estimate of drug-likeness (QED) is 0.162. The van der Waals surface area contributed by atoms with E-state index in [1.165, 1.54) is 11.3 Å². The van der Waals surface area contributed by atoms with Gasteiger partial charge in [0.15, 0.2) is 0 Å². The lowest BCUT2D eigenvalue weighted by molar-refractivity contribution is -0.144. The first kappa shape index (κ1) is 34.2. The maximum atomic E-state index is 12.8. The Morgan fingerprint density at radius 3 is 2.36 bits per heavy atom. The summed E-state index contributed by atoms with van der Waals surface area (Å²) >= 11 is 0. The minimum atomic E-state index is -0.621. The summed E-state index contributed by atoms with van der Waals surface area (Å²) in [6.07, 6.45) is 13.6. The second kappa shape index (κ2) is 16.1. The molecule has 4 heterocycles. The molecular weight excluding hydrogens is 598 g/mol. The van der Waals surface area contributed by atoms with Crippen molar-refractivity contribution in [1.29, 1.82) is 0 Å². The number of likely N-dealkylation sites (tertiary alicyclic amines) is 1. The Labute approximate surface area is 277 Å². The Morgan fingerprint density at radius 1 is 0.979 bits per heavy atom. The van der Waals surface area contributed by atoms with Crippen LogP contribution in [-0.2, 0) is 25.6 Å². The average Bonchev–Trinajstić information content (AvgIpc) is 3.08. The molecule has 1 aromatic heterocycles. The van der Waals surface area contributed by atoms with Crippen LogP contribution in [0.5, 0.6) is 0 Å². The van der Waals surface area contributed by atoms with Crippen LogP contribution in [0.4, 0.5) is 5.82 Å². The third-order valence-electron chi connectivity index (χ3n) is 10.1. The smallest absolute Gasteiger partial charge is 0.267 e. The summed E-state index contributed by atoms with van der Waals surface area (Å²) in [5.41, 5.74) is 13.4. The largest absolute Gasteiger partial charge is 0.394 e. The zero-order chi connectivity index (χ0) is 33.3. The van der Waals surface area contributed by atoms with Crippen molar-refractivity contribution in [3.8, 4) is 0 Å². The summed E-state index contributed by atoms with van der Waals surface area (Å²) in [4.78, 5) is 61.8. The molecule has 1 saturated carbocycles. The first-order chi connectivity index (χ1) is 22.7. The molecule has 6 N–H and O–H groups in total. The third-order valence-corrected chi connectivity index (χ3v) is 10.1. The molecule has 0 bridgehead atoms. The van der Waals surface area contributed by atoms with Crippen LogP contribution >= 0.6 is 0 Å². The highest BCUT2D eigenvalue weighted by Gasteiger charge is 2.32. The van der Waals surface area contributed by atoms with E-state index in [0.29, 0.717) is 18.2 Å². The topological polar surface area (TPSA) is 170 Å². The van der Waals surface area contributed by atoms with Crippen LogP contribution in [0.25, 0.3) is 0 Å². The Balaban J connectivity index is 1.00. The molecule has 1 aliphatic carbocycles. The van der Waals surface area contributed by atoms with Gasteiger partial charge in [0, 0.05) is 71.5 Å². The van der Waals surface area contributed by atoms with Crippen molar-refractivity contribution in [2.24, 2.45) is 17.4 Å². The number of nitrogens with two attached hydrogens (primary N) is 2. The van der Waals surface area contributed by atoms with Gasteiger partial charge in [-0.15, -0.1) is 0 Å². The summed E-state index contributed by atoms with van der Waals surface area (Å²) in [6, 6.07) is 3.49. The van der Waals surface area contributed by atoms with Gasteiger partial charge in [0.1, 0.15) is 11.9 Å². The van der Waals surface area contributed by atoms with Gasteiger partial charge >= 0.3 is 0 Å². The Hall–Kier alpha value is -4.13. The number of carbonyl (C=O) groups excluding carboxylic acids is 4. The van der Waals surface area contributed by atoms with E-state index >= 15 is 0 Å². The van der Waals surface area contributed by atoms with Gasteiger partial charge in [-0.25, -0.2) is 4.98 Å². The highest BCUT2D eigenvalue weighted by atomic mass is 16.2. The predicted octanol–water partition coefficient (Wildman–Crippen LogP) is 0.813. The van der Waals surface area contributed by atoms with Gasteiger partial charge in [-0.05, 0) is 61.8 Å². The van der Waals surface area contributed by atoms with E-state index in [1.807, 2.05) is 12.1 Å². The fourth-order valence-corrected chi connectivity index (χ4v) is 7.00. The molecule has 3 aliphatic heterocycles. The fraction of sp³-hybridized carbons (Fsp3) is 0.618. The van der Waals surface area contributed by atoms with Crippen molar-refractivity contribution in [1.82, 2.24) is 30.3 Å². The zero-order valence-corrected chi connectivity index (χ0v) is 27.7. The Bertz CT molecular complexity index is 1330. The second-order valence-corrected chi connectivity index (χ2v) is 13.4. The minimum Gasteiger partial charge on any atom is -0.394 e. The minimum absolute atomic E-state index is 0.151. The van der Waals surface area contributed by atoms with Gasteiger partial charge in [-0.1, -0.05) is 25.3 Å². The summed E-state index contributed by atoms with van der Waals surface area (Å²) < 4.78 is 0. The number of aromatic nitrogens is 1. The molecule has 256 valence electrons. The van der Waals surface area contributed by atoms with E-state index in [0.717, 1.165) is 95.7 Å². The molecule has 13 nitrogen and oxygen atoms in total. The van der Waals surface area contributed by atoms with Gasteiger partial charge in [0.25, 0.3) is 5.91 Å². The number of hydrogen-bond acceptors (Lipinski definition) is 10. The second-order valence-electron chi connectivity index (χ2n) is 13.4. The molecule has 4 fully saturated rings. The lowest BCUT2D eigenvalue weighted by atomic mass is 9.95. The van der Waals surface area contributed by atoms with Crippen LogP contribution in [0.15, 0.2) is 42.0 Å². The Kier molecular flexibility index (Phi) is 11.7. The number of anilines is 1. The molecule has 5 rings (SSSR count). The normalized spacial score (nSPS) is 22.6. The van der Waals surface area contributed by atoms with E-state index in [-0.39, 0.29) is 42.3 Å². The number of hydrogen-bond donors (Lipinski definition) is 4. The molecule has 1 unspecified atom stereocenters.